The summed E-state index contributed by atoms with van der Waals surface area (Å²) in [4.78, 5) is 16.4. The summed E-state index contributed by atoms with van der Waals surface area (Å²) >= 11 is 0. The lowest BCUT2D eigenvalue weighted by atomic mass is 9.68. The Morgan fingerprint density at radius 1 is 1.44 bits per heavy atom. The Bertz CT molecular complexity index is 425. The molecule has 1 amide bonds. The molecule has 2 rings (SSSR count). The van der Waals surface area contributed by atoms with E-state index in [1.165, 1.54) is 6.42 Å². The quantitative estimate of drug-likeness (QED) is 0.844. The molecule has 1 unspecified atom stereocenters. The molecule has 18 heavy (non-hydrogen) atoms. The molecule has 0 radical (unpaired) electrons. The summed E-state index contributed by atoms with van der Waals surface area (Å²) in [5.74, 6) is 0.734. The van der Waals surface area contributed by atoms with Crippen molar-refractivity contribution in [2.75, 3.05) is 11.1 Å². The van der Waals surface area contributed by atoms with Gasteiger partial charge < -0.3 is 11.1 Å². The van der Waals surface area contributed by atoms with E-state index in [4.69, 9.17) is 5.73 Å². The first-order chi connectivity index (χ1) is 8.49. The smallest absolute Gasteiger partial charge is 0.229 e. The minimum absolute atomic E-state index is 0.0746. The highest BCUT2D eigenvalue weighted by Crippen LogP contribution is 2.40. The number of rotatable bonds is 2. The second kappa shape index (κ2) is 4.96. The Kier molecular flexibility index (Phi) is 3.55. The maximum Gasteiger partial charge on any atom is 0.229 e. The maximum absolute atomic E-state index is 12.3. The van der Waals surface area contributed by atoms with Gasteiger partial charge in [0.05, 0.1) is 11.9 Å². The van der Waals surface area contributed by atoms with E-state index in [1.54, 1.807) is 18.3 Å². The van der Waals surface area contributed by atoms with Crippen LogP contribution in [0.4, 0.5) is 11.5 Å². The van der Waals surface area contributed by atoms with Gasteiger partial charge in [-0.2, -0.15) is 0 Å². The molecule has 1 saturated carbocycles. The van der Waals surface area contributed by atoms with Gasteiger partial charge in [-0.15, -0.1) is 0 Å². The van der Waals surface area contributed by atoms with Gasteiger partial charge in [0.1, 0.15) is 5.82 Å². The van der Waals surface area contributed by atoms with Gasteiger partial charge in [-0.1, -0.05) is 26.7 Å². The molecule has 98 valence electrons. The predicted molar refractivity (Wildman–Crippen MR) is 73.0 cm³/mol. The number of nitrogens with zero attached hydrogens (tertiary/aromatic N) is 1. The van der Waals surface area contributed by atoms with E-state index < -0.39 is 0 Å². The van der Waals surface area contributed by atoms with Crippen LogP contribution in [0.25, 0.3) is 0 Å². The number of pyridine rings is 1. The summed E-state index contributed by atoms with van der Waals surface area (Å²) in [5.41, 5.74) is 6.25. The van der Waals surface area contributed by atoms with E-state index in [2.05, 4.69) is 24.1 Å². The van der Waals surface area contributed by atoms with Gasteiger partial charge in [-0.3, -0.25) is 4.79 Å². The van der Waals surface area contributed by atoms with Crippen molar-refractivity contribution < 1.29 is 4.79 Å². The van der Waals surface area contributed by atoms with Gasteiger partial charge in [0.15, 0.2) is 0 Å². The average Bonchev–Trinajstić information content (AvgIpc) is 2.31. The van der Waals surface area contributed by atoms with Gasteiger partial charge in [0.2, 0.25) is 5.91 Å². The standard InChI is InChI=1S/C14H21N3O/c1-14(2)8-4-3-5-11(14)13(18)17-12-7-6-10(15)9-16-12/h6-7,9,11H,3-5,8,15H2,1-2H3,(H,16,17,18). The number of hydrogen-bond donors (Lipinski definition) is 2. The summed E-state index contributed by atoms with van der Waals surface area (Å²) in [7, 11) is 0. The number of amides is 1. The minimum atomic E-state index is 0.0746. The van der Waals surface area contributed by atoms with Gasteiger partial charge in [-0.05, 0) is 30.4 Å². The summed E-state index contributed by atoms with van der Waals surface area (Å²) in [6.45, 7) is 4.35. The molecule has 4 heteroatoms. The molecule has 0 aliphatic heterocycles. The van der Waals surface area contributed by atoms with Gasteiger partial charge in [0.25, 0.3) is 0 Å². The number of aromatic nitrogens is 1. The molecule has 1 aliphatic rings. The molecule has 1 aliphatic carbocycles. The molecule has 1 aromatic heterocycles. The van der Waals surface area contributed by atoms with E-state index in [9.17, 15) is 4.79 Å². The summed E-state index contributed by atoms with van der Waals surface area (Å²) in [6, 6.07) is 3.48. The molecular weight excluding hydrogens is 226 g/mol. The van der Waals surface area contributed by atoms with Crippen molar-refractivity contribution in [3.05, 3.63) is 18.3 Å². The third-order valence-corrected chi connectivity index (χ3v) is 3.86. The summed E-state index contributed by atoms with van der Waals surface area (Å²) in [6.07, 6.45) is 5.99. The Morgan fingerprint density at radius 3 is 2.83 bits per heavy atom. The highest BCUT2D eigenvalue weighted by molar-refractivity contribution is 5.92. The van der Waals surface area contributed by atoms with Crippen molar-refractivity contribution in [2.45, 2.75) is 39.5 Å². The molecule has 0 bridgehead atoms. The van der Waals surface area contributed by atoms with Crippen LogP contribution in [0.3, 0.4) is 0 Å². The van der Waals surface area contributed by atoms with E-state index in [-0.39, 0.29) is 17.2 Å². The SMILES string of the molecule is CC1(C)CCCCC1C(=O)Nc1ccc(N)cn1. The Morgan fingerprint density at radius 2 is 2.22 bits per heavy atom. The largest absolute Gasteiger partial charge is 0.397 e. The number of carbonyl (C=O) groups excluding carboxylic acids is 1. The Balaban J connectivity index is 2.05. The van der Waals surface area contributed by atoms with Crippen molar-refractivity contribution >= 4 is 17.4 Å². The molecule has 0 spiro atoms. The van der Waals surface area contributed by atoms with Crippen LogP contribution in [-0.2, 0) is 4.79 Å². The Labute approximate surface area is 108 Å². The van der Waals surface area contributed by atoms with Crippen molar-refractivity contribution in [1.82, 2.24) is 4.98 Å². The van der Waals surface area contributed by atoms with Crippen LogP contribution < -0.4 is 11.1 Å². The average molecular weight is 247 g/mol. The first kappa shape index (κ1) is 12.9. The number of nitrogens with one attached hydrogen (secondary N) is 1. The molecule has 3 N–H and O–H groups in total. The maximum atomic E-state index is 12.3. The monoisotopic (exact) mass is 247 g/mol. The fraction of sp³-hybridized carbons (Fsp3) is 0.571. The lowest BCUT2D eigenvalue weighted by Crippen LogP contribution is -2.37. The van der Waals surface area contributed by atoms with Crippen molar-refractivity contribution in [1.29, 1.82) is 0 Å². The number of hydrogen-bond acceptors (Lipinski definition) is 3. The van der Waals surface area contributed by atoms with Crippen LogP contribution in [0, 0.1) is 11.3 Å². The third-order valence-electron chi connectivity index (χ3n) is 3.86. The number of nitrogens with two attached hydrogens (primary N) is 1. The number of nitrogen functional groups attached to an aromatic ring is 1. The van der Waals surface area contributed by atoms with Crippen LogP contribution in [0.2, 0.25) is 0 Å². The second-order valence-electron chi connectivity index (χ2n) is 5.75. The second-order valence-corrected chi connectivity index (χ2v) is 5.75. The molecule has 1 fully saturated rings. The molecule has 4 nitrogen and oxygen atoms in total. The molecule has 1 heterocycles. The topological polar surface area (TPSA) is 68.0 Å². The number of carbonyl (C=O) groups is 1. The minimum Gasteiger partial charge on any atom is -0.397 e. The molecule has 0 saturated heterocycles. The lowest BCUT2D eigenvalue weighted by Gasteiger charge is -2.37. The third kappa shape index (κ3) is 2.81. The zero-order chi connectivity index (χ0) is 13.2. The highest BCUT2D eigenvalue weighted by atomic mass is 16.2. The fourth-order valence-corrected chi connectivity index (χ4v) is 2.67. The first-order valence-corrected chi connectivity index (χ1v) is 6.51. The van der Waals surface area contributed by atoms with Crippen LogP contribution >= 0.6 is 0 Å². The van der Waals surface area contributed by atoms with Gasteiger partial charge >= 0.3 is 0 Å². The fourth-order valence-electron chi connectivity index (χ4n) is 2.67. The van der Waals surface area contributed by atoms with E-state index >= 15 is 0 Å². The molecule has 0 aromatic carbocycles. The summed E-state index contributed by atoms with van der Waals surface area (Å²) in [5, 5.41) is 2.89. The molecule has 1 atom stereocenters. The zero-order valence-electron chi connectivity index (χ0n) is 11.1. The van der Waals surface area contributed by atoms with Crippen molar-refractivity contribution in [2.24, 2.45) is 11.3 Å². The lowest BCUT2D eigenvalue weighted by molar-refractivity contribution is -0.124. The zero-order valence-corrected chi connectivity index (χ0v) is 11.1. The van der Waals surface area contributed by atoms with Crippen molar-refractivity contribution in [3.63, 3.8) is 0 Å². The Hall–Kier alpha value is -1.58. The molecular formula is C14H21N3O. The first-order valence-electron chi connectivity index (χ1n) is 6.51. The van der Waals surface area contributed by atoms with Crippen LogP contribution in [0.15, 0.2) is 18.3 Å². The normalized spacial score (nSPS) is 22.4. The van der Waals surface area contributed by atoms with Crippen LogP contribution in [-0.4, -0.2) is 10.9 Å². The highest BCUT2D eigenvalue weighted by Gasteiger charge is 2.37. The van der Waals surface area contributed by atoms with Crippen molar-refractivity contribution in [3.8, 4) is 0 Å². The van der Waals surface area contributed by atoms with Gasteiger partial charge in [-0.25, -0.2) is 4.98 Å². The van der Waals surface area contributed by atoms with Crippen LogP contribution in [0.5, 0.6) is 0 Å². The van der Waals surface area contributed by atoms with E-state index in [0.29, 0.717) is 11.5 Å². The van der Waals surface area contributed by atoms with Gasteiger partial charge in [0, 0.05) is 5.92 Å². The van der Waals surface area contributed by atoms with E-state index in [0.717, 1.165) is 19.3 Å². The molecule has 1 aromatic rings. The van der Waals surface area contributed by atoms with E-state index in [1.807, 2.05) is 0 Å². The predicted octanol–water partition coefficient (Wildman–Crippen LogP) is 2.82. The van der Waals surface area contributed by atoms with Crippen LogP contribution in [0.1, 0.15) is 39.5 Å². The number of anilines is 2. The summed E-state index contributed by atoms with van der Waals surface area (Å²) < 4.78 is 0.